The van der Waals surface area contributed by atoms with Gasteiger partial charge in [0.15, 0.2) is 0 Å². The van der Waals surface area contributed by atoms with E-state index in [0.717, 1.165) is 18.7 Å². The summed E-state index contributed by atoms with van der Waals surface area (Å²) in [5.41, 5.74) is 0.970. The van der Waals surface area contributed by atoms with Crippen LogP contribution < -0.4 is 10.0 Å². The molecule has 1 aromatic heterocycles. The van der Waals surface area contributed by atoms with Gasteiger partial charge >= 0.3 is 0 Å². The standard InChI is InChI=1S/C14H25N3O3S/c1-11(2)17-9-14(6-13(17)8-15-3)21(18,19)16-7-12-4-5-20-10-12/h6,9,11-12,15-16H,4-5,7-8,10H2,1-3H3. The summed E-state index contributed by atoms with van der Waals surface area (Å²) in [6.45, 7) is 6.53. The smallest absolute Gasteiger partial charge is 0.242 e. The lowest BCUT2D eigenvalue weighted by atomic mass is 10.1. The zero-order chi connectivity index (χ0) is 15.5. The second-order valence-electron chi connectivity index (χ2n) is 5.78. The van der Waals surface area contributed by atoms with Gasteiger partial charge in [0.2, 0.25) is 10.0 Å². The molecule has 0 saturated carbocycles. The van der Waals surface area contributed by atoms with E-state index in [1.165, 1.54) is 0 Å². The Morgan fingerprint density at radius 2 is 2.24 bits per heavy atom. The molecule has 2 rings (SSSR count). The Bertz CT molecular complexity index is 560. The first-order valence-corrected chi connectivity index (χ1v) is 8.85. The highest BCUT2D eigenvalue weighted by Gasteiger charge is 2.22. The molecule has 0 spiro atoms. The van der Waals surface area contributed by atoms with Gasteiger partial charge in [-0.05, 0) is 39.3 Å². The molecule has 120 valence electrons. The summed E-state index contributed by atoms with van der Waals surface area (Å²) < 4.78 is 34.7. The van der Waals surface area contributed by atoms with E-state index >= 15 is 0 Å². The zero-order valence-corrected chi connectivity index (χ0v) is 13.7. The van der Waals surface area contributed by atoms with E-state index in [1.807, 2.05) is 25.5 Å². The molecule has 1 aliphatic rings. The van der Waals surface area contributed by atoms with Crippen molar-refractivity contribution in [2.45, 2.75) is 37.8 Å². The third kappa shape index (κ3) is 4.06. The number of nitrogens with one attached hydrogen (secondary N) is 2. The molecular formula is C14H25N3O3S. The highest BCUT2D eigenvalue weighted by atomic mass is 32.2. The molecule has 1 atom stereocenters. The first-order chi connectivity index (χ1) is 9.94. The van der Waals surface area contributed by atoms with Crippen LogP contribution in [0.25, 0.3) is 0 Å². The largest absolute Gasteiger partial charge is 0.381 e. The van der Waals surface area contributed by atoms with Gasteiger partial charge in [-0.2, -0.15) is 0 Å². The van der Waals surface area contributed by atoms with Crippen molar-refractivity contribution in [2.24, 2.45) is 5.92 Å². The molecule has 0 amide bonds. The summed E-state index contributed by atoms with van der Waals surface area (Å²) in [5, 5.41) is 3.07. The van der Waals surface area contributed by atoms with Crippen molar-refractivity contribution in [1.29, 1.82) is 0 Å². The third-order valence-electron chi connectivity index (χ3n) is 3.72. The Hall–Kier alpha value is -0.890. The average Bonchev–Trinajstić information content (AvgIpc) is 3.06. The first kappa shape index (κ1) is 16.5. The van der Waals surface area contributed by atoms with Crippen molar-refractivity contribution in [3.8, 4) is 0 Å². The van der Waals surface area contributed by atoms with E-state index in [2.05, 4.69) is 10.0 Å². The fraction of sp³-hybridized carbons (Fsp3) is 0.714. The Morgan fingerprint density at radius 1 is 1.48 bits per heavy atom. The maximum atomic E-state index is 12.4. The molecule has 21 heavy (non-hydrogen) atoms. The number of sulfonamides is 1. The predicted octanol–water partition coefficient (Wildman–Crippen LogP) is 1.10. The van der Waals surface area contributed by atoms with Crippen molar-refractivity contribution in [3.05, 3.63) is 18.0 Å². The molecular weight excluding hydrogens is 290 g/mol. The van der Waals surface area contributed by atoms with Crippen LogP contribution >= 0.6 is 0 Å². The van der Waals surface area contributed by atoms with Gasteiger partial charge < -0.3 is 14.6 Å². The first-order valence-electron chi connectivity index (χ1n) is 7.37. The molecule has 1 aromatic rings. The highest BCUT2D eigenvalue weighted by molar-refractivity contribution is 7.89. The molecule has 6 nitrogen and oxygen atoms in total. The molecule has 0 radical (unpaired) electrons. The zero-order valence-electron chi connectivity index (χ0n) is 12.9. The summed E-state index contributed by atoms with van der Waals surface area (Å²) in [7, 11) is -1.60. The molecule has 2 N–H and O–H groups in total. The Balaban J connectivity index is 2.12. The minimum absolute atomic E-state index is 0.223. The topological polar surface area (TPSA) is 72.4 Å². The maximum Gasteiger partial charge on any atom is 0.242 e. The number of hydrogen-bond donors (Lipinski definition) is 2. The van der Waals surface area contributed by atoms with Crippen LogP contribution in [-0.2, 0) is 21.3 Å². The fourth-order valence-electron chi connectivity index (χ4n) is 2.50. The van der Waals surface area contributed by atoms with Crippen LogP contribution in [0.15, 0.2) is 17.2 Å². The molecule has 1 aliphatic heterocycles. The van der Waals surface area contributed by atoms with Gasteiger partial charge in [0, 0.05) is 37.6 Å². The maximum absolute atomic E-state index is 12.4. The van der Waals surface area contributed by atoms with Crippen molar-refractivity contribution in [1.82, 2.24) is 14.6 Å². The number of hydrogen-bond acceptors (Lipinski definition) is 4. The van der Waals surface area contributed by atoms with E-state index in [0.29, 0.717) is 24.6 Å². The molecule has 1 unspecified atom stereocenters. The van der Waals surface area contributed by atoms with Gasteiger partial charge in [0.05, 0.1) is 11.5 Å². The molecule has 0 bridgehead atoms. The molecule has 0 aliphatic carbocycles. The van der Waals surface area contributed by atoms with Gasteiger partial charge in [-0.1, -0.05) is 0 Å². The summed E-state index contributed by atoms with van der Waals surface area (Å²) in [4.78, 5) is 0.334. The highest BCUT2D eigenvalue weighted by Crippen LogP contribution is 2.19. The van der Waals surface area contributed by atoms with Gasteiger partial charge in [-0.3, -0.25) is 0 Å². The van der Waals surface area contributed by atoms with Crippen LogP contribution in [0, 0.1) is 5.92 Å². The third-order valence-corrected chi connectivity index (χ3v) is 5.11. The average molecular weight is 315 g/mol. The lowest BCUT2D eigenvalue weighted by molar-refractivity contribution is 0.186. The Labute approximate surface area is 126 Å². The van der Waals surface area contributed by atoms with Gasteiger partial charge in [0.1, 0.15) is 0 Å². The van der Waals surface area contributed by atoms with Crippen molar-refractivity contribution in [2.75, 3.05) is 26.8 Å². The Morgan fingerprint density at radius 3 is 2.81 bits per heavy atom. The molecule has 7 heteroatoms. The number of aromatic nitrogens is 1. The number of ether oxygens (including phenoxy) is 1. The second kappa shape index (κ2) is 6.91. The number of rotatable bonds is 7. The molecule has 1 fully saturated rings. The van der Waals surface area contributed by atoms with Crippen molar-refractivity contribution in [3.63, 3.8) is 0 Å². The number of nitrogens with zero attached hydrogens (tertiary/aromatic N) is 1. The summed E-state index contributed by atoms with van der Waals surface area (Å²) in [5.74, 6) is 0.281. The monoisotopic (exact) mass is 315 g/mol. The van der Waals surface area contributed by atoms with E-state index in [1.54, 1.807) is 12.3 Å². The predicted molar refractivity (Wildman–Crippen MR) is 81.7 cm³/mol. The van der Waals surface area contributed by atoms with E-state index in [4.69, 9.17) is 4.74 Å². The van der Waals surface area contributed by atoms with Crippen LogP contribution in [0.5, 0.6) is 0 Å². The lowest BCUT2D eigenvalue weighted by Gasteiger charge is -2.12. The van der Waals surface area contributed by atoms with E-state index < -0.39 is 10.0 Å². The van der Waals surface area contributed by atoms with Gasteiger partial charge in [-0.15, -0.1) is 0 Å². The minimum Gasteiger partial charge on any atom is -0.381 e. The van der Waals surface area contributed by atoms with Crippen LogP contribution in [0.2, 0.25) is 0 Å². The van der Waals surface area contributed by atoms with Crippen LogP contribution in [0.1, 0.15) is 32.0 Å². The fourth-order valence-corrected chi connectivity index (χ4v) is 3.67. The second-order valence-corrected chi connectivity index (χ2v) is 7.55. The summed E-state index contributed by atoms with van der Waals surface area (Å²) in [6, 6.07) is 1.96. The molecule has 1 saturated heterocycles. The molecule has 0 aromatic carbocycles. The van der Waals surface area contributed by atoms with Crippen molar-refractivity contribution >= 4 is 10.0 Å². The molecule has 2 heterocycles. The SMILES string of the molecule is CNCc1cc(S(=O)(=O)NCC2CCOC2)cn1C(C)C. The summed E-state index contributed by atoms with van der Waals surface area (Å²) in [6.07, 6.45) is 2.63. The minimum atomic E-state index is -3.46. The van der Waals surface area contributed by atoms with Crippen LogP contribution in [0.3, 0.4) is 0 Å². The summed E-state index contributed by atoms with van der Waals surface area (Å²) >= 11 is 0. The van der Waals surface area contributed by atoms with Crippen LogP contribution in [0.4, 0.5) is 0 Å². The van der Waals surface area contributed by atoms with Gasteiger partial charge in [0.25, 0.3) is 0 Å². The van der Waals surface area contributed by atoms with Crippen molar-refractivity contribution < 1.29 is 13.2 Å². The normalized spacial score (nSPS) is 19.5. The quantitative estimate of drug-likeness (QED) is 0.790. The Kier molecular flexibility index (Phi) is 5.43. The lowest BCUT2D eigenvalue weighted by Crippen LogP contribution is -2.29. The van der Waals surface area contributed by atoms with Crippen LogP contribution in [-0.4, -0.2) is 39.8 Å². The van der Waals surface area contributed by atoms with Gasteiger partial charge in [-0.25, -0.2) is 13.1 Å². The van der Waals surface area contributed by atoms with E-state index in [-0.39, 0.29) is 12.0 Å². The van der Waals surface area contributed by atoms with E-state index in [9.17, 15) is 8.42 Å².